The zero-order valence-electron chi connectivity index (χ0n) is 11.6. The molecule has 22 heavy (non-hydrogen) atoms. The van der Waals surface area contributed by atoms with Gasteiger partial charge >= 0.3 is 5.82 Å². The SMILES string of the molecule is Cn1ncc(C(=O)N=S(C)(=O)c2ccc(Cl)cc2)c1[N+](=O)[O-]. The van der Waals surface area contributed by atoms with Crippen molar-refractivity contribution in [2.45, 2.75) is 4.90 Å². The first kappa shape index (κ1) is 16.1. The minimum absolute atomic E-state index is 0.303. The lowest BCUT2D eigenvalue weighted by Crippen LogP contribution is -2.07. The van der Waals surface area contributed by atoms with Gasteiger partial charge in [-0.2, -0.15) is 4.36 Å². The highest BCUT2D eigenvalue weighted by Gasteiger charge is 2.26. The van der Waals surface area contributed by atoms with Gasteiger partial charge in [0.05, 0.1) is 15.9 Å². The van der Waals surface area contributed by atoms with E-state index in [2.05, 4.69) is 9.46 Å². The van der Waals surface area contributed by atoms with E-state index in [4.69, 9.17) is 11.6 Å². The van der Waals surface area contributed by atoms with Gasteiger partial charge in [-0.1, -0.05) is 16.7 Å². The van der Waals surface area contributed by atoms with Crippen LogP contribution in [0, 0.1) is 10.1 Å². The molecule has 10 heteroatoms. The van der Waals surface area contributed by atoms with Crippen LogP contribution in [0.3, 0.4) is 0 Å². The van der Waals surface area contributed by atoms with Gasteiger partial charge in [0.1, 0.15) is 7.05 Å². The summed E-state index contributed by atoms with van der Waals surface area (Å²) in [4.78, 5) is 22.6. The number of amides is 1. The minimum atomic E-state index is -3.05. The lowest BCUT2D eigenvalue weighted by Gasteiger charge is -2.03. The third kappa shape index (κ3) is 3.15. The van der Waals surface area contributed by atoms with E-state index in [1.165, 1.54) is 37.6 Å². The molecule has 1 amide bonds. The van der Waals surface area contributed by atoms with Crippen LogP contribution in [0.1, 0.15) is 10.4 Å². The average Bonchev–Trinajstić information content (AvgIpc) is 2.81. The number of aryl methyl sites for hydroxylation is 1. The van der Waals surface area contributed by atoms with Gasteiger partial charge in [0.15, 0.2) is 5.56 Å². The highest BCUT2D eigenvalue weighted by Crippen LogP contribution is 2.21. The Balaban J connectivity index is 2.48. The molecule has 0 fully saturated rings. The Morgan fingerprint density at radius 2 is 2.00 bits per heavy atom. The summed E-state index contributed by atoms with van der Waals surface area (Å²) in [7, 11) is -1.72. The van der Waals surface area contributed by atoms with Crippen LogP contribution in [0.2, 0.25) is 5.02 Å². The van der Waals surface area contributed by atoms with Crippen molar-refractivity contribution in [3.05, 3.63) is 51.2 Å². The van der Waals surface area contributed by atoms with Crippen LogP contribution in [0.15, 0.2) is 39.7 Å². The second kappa shape index (κ2) is 5.85. The van der Waals surface area contributed by atoms with E-state index in [0.29, 0.717) is 9.92 Å². The Hall–Kier alpha value is -2.26. The minimum Gasteiger partial charge on any atom is -0.358 e. The topological polar surface area (TPSA) is 107 Å². The molecule has 0 bridgehead atoms. The molecule has 1 atom stereocenters. The predicted octanol–water partition coefficient (Wildman–Crippen LogP) is 2.28. The van der Waals surface area contributed by atoms with Gasteiger partial charge in [-0.05, 0) is 29.2 Å². The Morgan fingerprint density at radius 1 is 1.41 bits per heavy atom. The molecule has 8 nitrogen and oxygen atoms in total. The molecule has 0 saturated heterocycles. The summed E-state index contributed by atoms with van der Waals surface area (Å²) in [5.74, 6) is -1.46. The van der Waals surface area contributed by atoms with E-state index in [-0.39, 0.29) is 5.56 Å². The second-order valence-electron chi connectivity index (χ2n) is 4.42. The van der Waals surface area contributed by atoms with E-state index in [9.17, 15) is 19.1 Å². The van der Waals surface area contributed by atoms with Crippen LogP contribution in [-0.2, 0) is 16.8 Å². The molecule has 2 aromatic rings. The van der Waals surface area contributed by atoms with E-state index < -0.39 is 26.4 Å². The molecule has 0 spiro atoms. The molecule has 1 heterocycles. The lowest BCUT2D eigenvalue weighted by molar-refractivity contribution is -0.392. The van der Waals surface area contributed by atoms with Crippen LogP contribution in [0.4, 0.5) is 5.82 Å². The largest absolute Gasteiger partial charge is 0.358 e. The molecule has 1 unspecified atom stereocenters. The van der Waals surface area contributed by atoms with Crippen LogP contribution in [0.25, 0.3) is 0 Å². The first-order valence-electron chi connectivity index (χ1n) is 5.91. The zero-order valence-corrected chi connectivity index (χ0v) is 13.2. The number of rotatable bonds is 3. The Labute approximate surface area is 131 Å². The van der Waals surface area contributed by atoms with Crippen molar-refractivity contribution in [2.24, 2.45) is 11.4 Å². The number of nitrogens with zero attached hydrogens (tertiary/aromatic N) is 4. The normalized spacial score (nSPS) is 13.4. The van der Waals surface area contributed by atoms with Gasteiger partial charge in [0.2, 0.25) is 0 Å². The maximum atomic E-state index is 12.5. The molecule has 2 rings (SSSR count). The Morgan fingerprint density at radius 3 is 2.55 bits per heavy atom. The van der Waals surface area contributed by atoms with Gasteiger partial charge in [-0.25, -0.2) is 4.21 Å². The summed E-state index contributed by atoms with van der Waals surface area (Å²) in [5, 5.41) is 15.1. The number of benzene rings is 1. The monoisotopic (exact) mass is 342 g/mol. The number of hydrogen-bond acceptors (Lipinski definition) is 5. The number of carbonyl (C=O) groups excluding carboxylic acids is 1. The number of nitro groups is 1. The summed E-state index contributed by atoms with van der Waals surface area (Å²) < 4.78 is 17.1. The van der Waals surface area contributed by atoms with Crippen molar-refractivity contribution in [2.75, 3.05) is 6.26 Å². The fraction of sp³-hybridized carbons (Fsp3) is 0.167. The molecule has 1 aromatic carbocycles. The van der Waals surface area contributed by atoms with Crippen molar-refractivity contribution >= 4 is 33.1 Å². The molecule has 0 aliphatic rings. The molecule has 0 saturated carbocycles. The van der Waals surface area contributed by atoms with E-state index in [0.717, 1.165) is 10.9 Å². The molecular formula is C12H11ClN4O4S. The molecule has 0 aliphatic carbocycles. The predicted molar refractivity (Wildman–Crippen MR) is 80.4 cm³/mol. The highest BCUT2D eigenvalue weighted by atomic mass is 35.5. The van der Waals surface area contributed by atoms with E-state index >= 15 is 0 Å². The van der Waals surface area contributed by atoms with Crippen LogP contribution in [0.5, 0.6) is 0 Å². The van der Waals surface area contributed by atoms with Gasteiger partial charge in [0.25, 0.3) is 5.91 Å². The smallest absolute Gasteiger partial charge is 0.357 e. The van der Waals surface area contributed by atoms with Crippen molar-refractivity contribution in [1.29, 1.82) is 0 Å². The number of carbonyl (C=O) groups is 1. The standard InChI is InChI=1S/C12H11ClN4O4S/c1-16-12(17(19)20)10(7-14-16)11(18)15-22(2,21)9-5-3-8(13)4-6-9/h3-7H,1-2H3. The average molecular weight is 343 g/mol. The van der Waals surface area contributed by atoms with Crippen LogP contribution in [-0.4, -0.2) is 31.1 Å². The summed E-state index contributed by atoms with van der Waals surface area (Å²) in [6.45, 7) is 0. The van der Waals surface area contributed by atoms with Crippen LogP contribution >= 0.6 is 11.6 Å². The van der Waals surface area contributed by atoms with Crippen molar-refractivity contribution in [3.63, 3.8) is 0 Å². The molecule has 0 radical (unpaired) electrons. The summed E-state index contributed by atoms with van der Waals surface area (Å²) in [5.41, 5.74) is -0.309. The van der Waals surface area contributed by atoms with E-state index in [1.807, 2.05) is 0 Å². The summed E-state index contributed by atoms with van der Waals surface area (Å²) in [6.07, 6.45) is 2.30. The first-order chi connectivity index (χ1) is 10.2. The van der Waals surface area contributed by atoms with Gasteiger partial charge in [-0.3, -0.25) is 4.79 Å². The third-order valence-corrected chi connectivity index (χ3v) is 4.73. The Kier molecular flexibility index (Phi) is 4.29. The fourth-order valence-electron chi connectivity index (χ4n) is 1.75. The summed E-state index contributed by atoms with van der Waals surface area (Å²) >= 11 is 5.75. The summed E-state index contributed by atoms with van der Waals surface area (Å²) in [6, 6.07) is 6.01. The van der Waals surface area contributed by atoms with Gasteiger partial charge in [-0.15, -0.1) is 4.68 Å². The first-order valence-corrected chi connectivity index (χ1v) is 8.21. The van der Waals surface area contributed by atoms with Gasteiger partial charge in [0, 0.05) is 16.2 Å². The van der Waals surface area contributed by atoms with Crippen molar-refractivity contribution in [3.8, 4) is 0 Å². The van der Waals surface area contributed by atoms with Gasteiger partial charge < -0.3 is 10.1 Å². The molecule has 0 N–H and O–H groups in total. The van der Waals surface area contributed by atoms with Crippen molar-refractivity contribution < 1.29 is 13.9 Å². The quantitative estimate of drug-likeness (QED) is 0.628. The maximum Gasteiger partial charge on any atom is 0.357 e. The fourth-order valence-corrected chi connectivity index (χ4v) is 3.03. The number of aromatic nitrogens is 2. The molecular weight excluding hydrogens is 332 g/mol. The number of hydrogen-bond donors (Lipinski definition) is 0. The third-order valence-electron chi connectivity index (χ3n) is 2.82. The maximum absolute atomic E-state index is 12.5. The Bertz CT molecular complexity index is 866. The van der Waals surface area contributed by atoms with E-state index in [1.54, 1.807) is 0 Å². The molecule has 116 valence electrons. The highest BCUT2D eigenvalue weighted by molar-refractivity contribution is 7.93. The molecule has 1 aromatic heterocycles. The van der Waals surface area contributed by atoms with Crippen LogP contribution < -0.4 is 0 Å². The number of halogens is 1. The second-order valence-corrected chi connectivity index (χ2v) is 7.11. The zero-order chi connectivity index (χ0) is 16.5. The lowest BCUT2D eigenvalue weighted by atomic mass is 10.3. The molecule has 0 aliphatic heterocycles. The van der Waals surface area contributed by atoms with Crippen molar-refractivity contribution in [1.82, 2.24) is 9.78 Å².